The number of hydrogen-bond donors (Lipinski definition) is 0. The third kappa shape index (κ3) is 5.98. The van der Waals surface area contributed by atoms with Gasteiger partial charge in [-0.15, -0.1) is 0 Å². The van der Waals surface area contributed by atoms with Crippen LogP contribution >= 0.6 is 0 Å². The second-order valence-electron chi connectivity index (χ2n) is 7.23. The number of piperazine rings is 1. The third-order valence-electron chi connectivity index (χ3n) is 5.23. The molecule has 0 spiro atoms. The minimum atomic E-state index is -0.277. The van der Waals surface area contributed by atoms with Crippen molar-refractivity contribution in [3.05, 3.63) is 59.4 Å². The zero-order valence-electron chi connectivity index (χ0n) is 18.3. The maximum atomic E-state index is 13.6. The molecule has 31 heavy (non-hydrogen) atoms. The van der Waals surface area contributed by atoms with Crippen LogP contribution in [0.3, 0.4) is 0 Å². The number of amides is 1. The Morgan fingerprint density at radius 1 is 1.00 bits per heavy atom. The van der Waals surface area contributed by atoms with Crippen LogP contribution in [-0.2, 0) is 11.3 Å². The van der Waals surface area contributed by atoms with Gasteiger partial charge in [-0.2, -0.15) is 0 Å². The Morgan fingerprint density at radius 2 is 1.71 bits per heavy atom. The standard InChI is InChI=1S/C24H29FN2O4/c1-4-31-23-15-18(5-8-22(23)30-3)6-10-24(28)27-13-11-26(12-14-27)17-19-16-20(25)7-9-21(19)29-2/h5-10,15-16H,4,11-14,17H2,1-3H3/b10-6+. The molecule has 0 atom stereocenters. The Balaban J connectivity index is 1.56. The van der Waals surface area contributed by atoms with E-state index in [9.17, 15) is 9.18 Å². The first-order valence-corrected chi connectivity index (χ1v) is 10.4. The Labute approximate surface area is 182 Å². The molecule has 1 saturated heterocycles. The molecule has 0 bridgehead atoms. The lowest BCUT2D eigenvalue weighted by Gasteiger charge is -2.34. The predicted octanol–water partition coefficient (Wildman–Crippen LogP) is 3.60. The molecule has 166 valence electrons. The molecule has 2 aromatic rings. The third-order valence-corrected chi connectivity index (χ3v) is 5.23. The fourth-order valence-electron chi connectivity index (χ4n) is 3.58. The second-order valence-corrected chi connectivity index (χ2v) is 7.23. The Morgan fingerprint density at radius 3 is 2.39 bits per heavy atom. The van der Waals surface area contributed by atoms with E-state index < -0.39 is 0 Å². The molecular formula is C24H29FN2O4. The van der Waals surface area contributed by atoms with Gasteiger partial charge in [-0.05, 0) is 48.9 Å². The van der Waals surface area contributed by atoms with Crippen LogP contribution in [0.25, 0.3) is 6.08 Å². The number of carbonyl (C=O) groups excluding carboxylic acids is 1. The lowest BCUT2D eigenvalue weighted by Crippen LogP contribution is -2.47. The van der Waals surface area contributed by atoms with Gasteiger partial charge in [0.05, 0.1) is 20.8 Å². The minimum absolute atomic E-state index is 0.0308. The summed E-state index contributed by atoms with van der Waals surface area (Å²) in [6, 6.07) is 10.1. The molecule has 1 fully saturated rings. The smallest absolute Gasteiger partial charge is 0.246 e. The molecule has 1 aliphatic rings. The van der Waals surface area contributed by atoms with Crippen molar-refractivity contribution in [2.75, 3.05) is 47.0 Å². The first kappa shape index (κ1) is 22.6. The van der Waals surface area contributed by atoms with Crippen LogP contribution in [0.1, 0.15) is 18.1 Å². The van der Waals surface area contributed by atoms with Gasteiger partial charge in [0.25, 0.3) is 0 Å². The molecule has 0 aliphatic carbocycles. The van der Waals surface area contributed by atoms with E-state index in [0.717, 1.165) is 24.2 Å². The van der Waals surface area contributed by atoms with Crippen LogP contribution in [0.2, 0.25) is 0 Å². The first-order valence-electron chi connectivity index (χ1n) is 10.4. The Hall–Kier alpha value is -3.06. The molecule has 0 aromatic heterocycles. The summed E-state index contributed by atoms with van der Waals surface area (Å²) < 4.78 is 29.8. The number of ether oxygens (including phenoxy) is 3. The predicted molar refractivity (Wildman–Crippen MR) is 118 cm³/mol. The maximum absolute atomic E-state index is 13.6. The maximum Gasteiger partial charge on any atom is 0.246 e. The summed E-state index contributed by atoms with van der Waals surface area (Å²) in [5, 5.41) is 0. The van der Waals surface area contributed by atoms with E-state index in [4.69, 9.17) is 14.2 Å². The number of hydrogen-bond acceptors (Lipinski definition) is 5. The monoisotopic (exact) mass is 428 g/mol. The van der Waals surface area contributed by atoms with Gasteiger partial charge in [0.2, 0.25) is 5.91 Å². The van der Waals surface area contributed by atoms with Crippen LogP contribution < -0.4 is 14.2 Å². The minimum Gasteiger partial charge on any atom is -0.496 e. The highest BCUT2D eigenvalue weighted by molar-refractivity contribution is 5.92. The summed E-state index contributed by atoms with van der Waals surface area (Å²) in [6.45, 7) is 5.71. The van der Waals surface area contributed by atoms with Gasteiger partial charge >= 0.3 is 0 Å². The van der Waals surface area contributed by atoms with Crippen molar-refractivity contribution in [1.82, 2.24) is 9.80 Å². The van der Waals surface area contributed by atoms with Crippen molar-refractivity contribution in [2.24, 2.45) is 0 Å². The van der Waals surface area contributed by atoms with Gasteiger partial charge in [-0.25, -0.2) is 4.39 Å². The fraction of sp³-hybridized carbons (Fsp3) is 0.375. The number of carbonyl (C=O) groups is 1. The van der Waals surface area contributed by atoms with Crippen LogP contribution in [0.15, 0.2) is 42.5 Å². The summed E-state index contributed by atoms with van der Waals surface area (Å²) in [5.74, 6) is 1.68. The summed E-state index contributed by atoms with van der Waals surface area (Å²) in [6.07, 6.45) is 3.37. The normalized spacial score (nSPS) is 14.6. The van der Waals surface area contributed by atoms with E-state index in [1.807, 2.05) is 30.0 Å². The van der Waals surface area contributed by atoms with Crippen LogP contribution in [0.5, 0.6) is 17.2 Å². The van der Waals surface area contributed by atoms with Gasteiger partial charge in [-0.1, -0.05) is 6.07 Å². The average Bonchev–Trinajstić information content (AvgIpc) is 2.78. The number of rotatable bonds is 8. The zero-order valence-corrected chi connectivity index (χ0v) is 18.3. The van der Waals surface area contributed by atoms with Crippen molar-refractivity contribution in [3.63, 3.8) is 0 Å². The number of benzene rings is 2. The van der Waals surface area contributed by atoms with E-state index in [1.165, 1.54) is 12.1 Å². The van der Waals surface area contributed by atoms with Crippen molar-refractivity contribution >= 4 is 12.0 Å². The molecule has 1 aliphatic heterocycles. The van der Waals surface area contributed by atoms with Crippen molar-refractivity contribution in [2.45, 2.75) is 13.5 Å². The van der Waals surface area contributed by atoms with Crippen LogP contribution in [-0.4, -0.2) is 62.7 Å². The zero-order chi connectivity index (χ0) is 22.2. The average molecular weight is 429 g/mol. The van der Waals surface area contributed by atoms with E-state index in [2.05, 4.69) is 4.90 Å². The second kappa shape index (κ2) is 10.8. The molecule has 0 N–H and O–H groups in total. The topological polar surface area (TPSA) is 51.2 Å². The van der Waals surface area contributed by atoms with Crippen molar-refractivity contribution < 1.29 is 23.4 Å². The summed E-state index contributed by atoms with van der Waals surface area (Å²) in [4.78, 5) is 16.6. The summed E-state index contributed by atoms with van der Waals surface area (Å²) >= 11 is 0. The molecule has 0 radical (unpaired) electrons. The number of nitrogens with zero attached hydrogens (tertiary/aromatic N) is 2. The van der Waals surface area contributed by atoms with Crippen LogP contribution in [0, 0.1) is 5.82 Å². The molecule has 1 heterocycles. The lowest BCUT2D eigenvalue weighted by atomic mass is 10.1. The SMILES string of the molecule is CCOc1cc(/C=C/C(=O)N2CCN(Cc3cc(F)ccc3OC)CC2)ccc1OC. The molecule has 0 unspecified atom stereocenters. The first-order chi connectivity index (χ1) is 15.0. The highest BCUT2D eigenvalue weighted by atomic mass is 19.1. The van der Waals surface area contributed by atoms with E-state index in [1.54, 1.807) is 32.4 Å². The van der Waals surface area contributed by atoms with Crippen molar-refractivity contribution in [3.8, 4) is 17.2 Å². The summed E-state index contributed by atoms with van der Waals surface area (Å²) in [7, 11) is 3.18. The molecular weight excluding hydrogens is 399 g/mol. The van der Waals surface area contributed by atoms with E-state index in [-0.39, 0.29) is 11.7 Å². The number of methoxy groups -OCH3 is 2. The molecule has 0 saturated carbocycles. The molecule has 1 amide bonds. The van der Waals surface area contributed by atoms with Gasteiger partial charge in [-0.3, -0.25) is 9.69 Å². The largest absolute Gasteiger partial charge is 0.496 e. The molecule has 3 rings (SSSR count). The van der Waals surface area contributed by atoms with Crippen LogP contribution in [0.4, 0.5) is 4.39 Å². The van der Waals surface area contributed by atoms with E-state index >= 15 is 0 Å². The molecule has 6 nitrogen and oxygen atoms in total. The molecule has 7 heteroatoms. The Kier molecular flexibility index (Phi) is 7.89. The van der Waals surface area contributed by atoms with Gasteiger partial charge in [0.15, 0.2) is 11.5 Å². The highest BCUT2D eigenvalue weighted by Crippen LogP contribution is 2.28. The van der Waals surface area contributed by atoms with Gasteiger partial charge in [0.1, 0.15) is 11.6 Å². The number of halogens is 1. The quantitative estimate of drug-likeness (QED) is 0.602. The lowest BCUT2D eigenvalue weighted by molar-refractivity contribution is -0.127. The van der Waals surface area contributed by atoms with Gasteiger partial charge < -0.3 is 19.1 Å². The molecule has 2 aromatic carbocycles. The highest BCUT2D eigenvalue weighted by Gasteiger charge is 2.20. The fourth-order valence-corrected chi connectivity index (χ4v) is 3.58. The summed E-state index contributed by atoms with van der Waals surface area (Å²) in [5.41, 5.74) is 1.68. The van der Waals surface area contributed by atoms with E-state index in [0.29, 0.717) is 43.5 Å². The van der Waals surface area contributed by atoms with Gasteiger partial charge in [0, 0.05) is 44.4 Å². The Bertz CT molecular complexity index is 924. The van der Waals surface area contributed by atoms with Crippen molar-refractivity contribution in [1.29, 1.82) is 0 Å².